The summed E-state index contributed by atoms with van der Waals surface area (Å²) in [5.41, 5.74) is 5.41. The van der Waals surface area contributed by atoms with E-state index < -0.39 is 0 Å². The predicted octanol–water partition coefficient (Wildman–Crippen LogP) is 0.429. The van der Waals surface area contributed by atoms with E-state index in [1.54, 1.807) is 27.7 Å². The quantitative estimate of drug-likeness (QED) is 0.568. The summed E-state index contributed by atoms with van der Waals surface area (Å²) in [5.74, 6) is 5.48. The van der Waals surface area contributed by atoms with Gasteiger partial charge in [-0.15, -0.1) is 11.3 Å². The number of aromatic nitrogens is 3. The van der Waals surface area contributed by atoms with Crippen molar-refractivity contribution < 1.29 is 0 Å². The Balaban J connectivity index is 2.31. The molecule has 0 amide bonds. The van der Waals surface area contributed by atoms with Crippen molar-refractivity contribution in [1.82, 2.24) is 20.2 Å². The van der Waals surface area contributed by atoms with Gasteiger partial charge in [0.25, 0.3) is 0 Å². The lowest BCUT2D eigenvalue weighted by Crippen LogP contribution is -2.28. The number of hydrogen-bond acceptors (Lipinski definition) is 5. The second kappa shape index (κ2) is 3.87. The van der Waals surface area contributed by atoms with Gasteiger partial charge in [0.05, 0.1) is 11.2 Å². The molecule has 2 aromatic rings. The van der Waals surface area contributed by atoms with Crippen LogP contribution in [-0.4, -0.2) is 14.8 Å². The number of nitrogens with zero attached hydrogens (tertiary/aromatic N) is 3. The highest BCUT2D eigenvalue weighted by Gasteiger charge is 2.15. The Kier molecular flexibility index (Phi) is 2.58. The van der Waals surface area contributed by atoms with Gasteiger partial charge in [-0.3, -0.25) is 15.5 Å². The number of hydrogen-bond donors (Lipinski definition) is 2. The van der Waals surface area contributed by atoms with Gasteiger partial charge in [0, 0.05) is 24.3 Å². The van der Waals surface area contributed by atoms with Gasteiger partial charge in [0.15, 0.2) is 0 Å². The maximum Gasteiger partial charge on any atom is 0.101 e. The maximum atomic E-state index is 5.48. The summed E-state index contributed by atoms with van der Waals surface area (Å²) in [6.07, 6.45) is 3.69. The van der Waals surface area contributed by atoms with Crippen LogP contribution in [0, 0.1) is 0 Å². The molecule has 0 spiro atoms. The van der Waals surface area contributed by atoms with E-state index in [-0.39, 0.29) is 6.04 Å². The molecule has 0 aliphatic heterocycles. The summed E-state index contributed by atoms with van der Waals surface area (Å²) in [5, 5.41) is 4.29. The monoisotopic (exact) mass is 209 g/mol. The third-order valence-corrected chi connectivity index (χ3v) is 2.77. The first-order chi connectivity index (χ1) is 6.81. The van der Waals surface area contributed by atoms with E-state index in [9.17, 15) is 0 Å². The molecule has 2 rings (SSSR count). The van der Waals surface area contributed by atoms with Crippen LogP contribution >= 0.6 is 11.3 Å². The molecule has 3 N–H and O–H groups in total. The van der Waals surface area contributed by atoms with E-state index in [0.717, 1.165) is 10.6 Å². The maximum absolute atomic E-state index is 5.48. The van der Waals surface area contributed by atoms with Crippen LogP contribution in [0.25, 0.3) is 0 Å². The van der Waals surface area contributed by atoms with Gasteiger partial charge >= 0.3 is 0 Å². The first-order valence-corrected chi connectivity index (χ1v) is 5.03. The van der Waals surface area contributed by atoms with Crippen molar-refractivity contribution in [2.24, 2.45) is 12.9 Å². The van der Waals surface area contributed by atoms with Crippen molar-refractivity contribution in [1.29, 1.82) is 0 Å². The third-order valence-electron chi connectivity index (χ3n) is 1.93. The average molecular weight is 209 g/mol. The molecule has 0 aromatic carbocycles. The topological polar surface area (TPSA) is 68.8 Å². The molecule has 0 bridgehead atoms. The summed E-state index contributed by atoms with van der Waals surface area (Å²) in [6, 6.07) is 1.87. The first kappa shape index (κ1) is 9.32. The molecule has 74 valence electrons. The fourth-order valence-corrected chi connectivity index (χ4v) is 1.96. The zero-order chi connectivity index (χ0) is 9.97. The number of aryl methyl sites for hydroxylation is 1. The summed E-state index contributed by atoms with van der Waals surface area (Å²) < 4.78 is 1.75. The van der Waals surface area contributed by atoms with E-state index in [1.165, 1.54) is 0 Å². The number of rotatable bonds is 3. The van der Waals surface area contributed by atoms with Gasteiger partial charge in [0.2, 0.25) is 0 Å². The number of nitrogens with two attached hydrogens (primary N) is 1. The highest BCUT2D eigenvalue weighted by Crippen LogP contribution is 2.22. The van der Waals surface area contributed by atoms with Crippen LogP contribution < -0.4 is 11.3 Å². The van der Waals surface area contributed by atoms with Crippen LogP contribution in [0.3, 0.4) is 0 Å². The molecule has 0 saturated heterocycles. The van der Waals surface area contributed by atoms with Gasteiger partial charge in [-0.25, -0.2) is 5.43 Å². The van der Waals surface area contributed by atoms with Crippen LogP contribution in [0.2, 0.25) is 0 Å². The van der Waals surface area contributed by atoms with Gasteiger partial charge in [-0.05, 0) is 6.07 Å². The highest BCUT2D eigenvalue weighted by atomic mass is 32.1. The molecule has 0 aliphatic carbocycles. The van der Waals surface area contributed by atoms with E-state index in [0.29, 0.717) is 0 Å². The fourth-order valence-electron chi connectivity index (χ4n) is 1.27. The molecule has 2 aromatic heterocycles. The zero-order valence-electron chi connectivity index (χ0n) is 7.71. The van der Waals surface area contributed by atoms with Crippen molar-refractivity contribution in [3.8, 4) is 0 Å². The van der Waals surface area contributed by atoms with E-state index in [1.807, 2.05) is 19.3 Å². The molecule has 6 heteroatoms. The van der Waals surface area contributed by atoms with Crippen LogP contribution in [0.15, 0.2) is 24.0 Å². The largest absolute Gasteiger partial charge is 0.275 e. The minimum Gasteiger partial charge on any atom is -0.275 e. The van der Waals surface area contributed by atoms with Crippen LogP contribution in [0.5, 0.6) is 0 Å². The SMILES string of the molecule is Cn1ccc(C(NN)c2cncs2)n1. The number of thiazole rings is 1. The van der Waals surface area contributed by atoms with Crippen molar-refractivity contribution in [2.75, 3.05) is 0 Å². The zero-order valence-corrected chi connectivity index (χ0v) is 8.53. The van der Waals surface area contributed by atoms with Crippen molar-refractivity contribution >= 4 is 11.3 Å². The Morgan fingerprint density at radius 1 is 1.64 bits per heavy atom. The second-order valence-electron chi connectivity index (χ2n) is 2.92. The minimum absolute atomic E-state index is 0.0660. The standard InChI is InChI=1S/C8H11N5S/c1-13-3-2-6(12-13)8(11-9)7-4-10-5-14-7/h2-5,8,11H,9H2,1H3. The minimum atomic E-state index is -0.0660. The van der Waals surface area contributed by atoms with E-state index >= 15 is 0 Å². The molecule has 0 aliphatic rings. The molecule has 14 heavy (non-hydrogen) atoms. The Bertz CT molecular complexity index is 394. The Morgan fingerprint density at radius 3 is 3.00 bits per heavy atom. The smallest absolute Gasteiger partial charge is 0.101 e. The molecule has 2 heterocycles. The van der Waals surface area contributed by atoms with Gasteiger partial charge in [-0.1, -0.05) is 0 Å². The van der Waals surface area contributed by atoms with Crippen LogP contribution in [0.1, 0.15) is 16.6 Å². The predicted molar refractivity (Wildman–Crippen MR) is 54.5 cm³/mol. The Morgan fingerprint density at radius 2 is 2.50 bits per heavy atom. The molecular formula is C8H11N5S. The Hall–Kier alpha value is -1.24. The molecule has 5 nitrogen and oxygen atoms in total. The highest BCUT2D eigenvalue weighted by molar-refractivity contribution is 7.09. The normalized spacial score (nSPS) is 13.0. The summed E-state index contributed by atoms with van der Waals surface area (Å²) in [4.78, 5) is 5.07. The lowest BCUT2D eigenvalue weighted by molar-refractivity contribution is 0.610. The summed E-state index contributed by atoms with van der Waals surface area (Å²) in [7, 11) is 1.88. The average Bonchev–Trinajstić information content (AvgIpc) is 2.79. The third kappa shape index (κ3) is 1.67. The lowest BCUT2D eigenvalue weighted by Gasteiger charge is -2.09. The molecule has 0 saturated carbocycles. The lowest BCUT2D eigenvalue weighted by atomic mass is 10.2. The van der Waals surface area contributed by atoms with Gasteiger partial charge < -0.3 is 0 Å². The van der Waals surface area contributed by atoms with E-state index in [2.05, 4.69) is 15.5 Å². The van der Waals surface area contributed by atoms with Crippen LogP contribution in [-0.2, 0) is 7.05 Å². The summed E-state index contributed by atoms with van der Waals surface area (Å²) >= 11 is 1.56. The van der Waals surface area contributed by atoms with Crippen LogP contribution in [0.4, 0.5) is 0 Å². The van der Waals surface area contributed by atoms with Crippen molar-refractivity contribution in [2.45, 2.75) is 6.04 Å². The van der Waals surface area contributed by atoms with Gasteiger partial charge in [-0.2, -0.15) is 5.10 Å². The van der Waals surface area contributed by atoms with Crippen molar-refractivity contribution in [3.63, 3.8) is 0 Å². The summed E-state index contributed by atoms with van der Waals surface area (Å²) in [6.45, 7) is 0. The number of hydrazine groups is 1. The molecule has 0 radical (unpaired) electrons. The second-order valence-corrected chi connectivity index (χ2v) is 3.84. The van der Waals surface area contributed by atoms with E-state index in [4.69, 9.17) is 5.84 Å². The van der Waals surface area contributed by atoms with Crippen molar-refractivity contribution in [3.05, 3.63) is 34.5 Å². The van der Waals surface area contributed by atoms with Gasteiger partial charge in [0.1, 0.15) is 6.04 Å². The first-order valence-electron chi connectivity index (χ1n) is 4.15. The number of nitrogens with one attached hydrogen (secondary N) is 1. The molecular weight excluding hydrogens is 198 g/mol. The molecule has 1 atom stereocenters. The molecule has 0 fully saturated rings. The Labute approximate surface area is 85.5 Å². The fraction of sp³-hybridized carbons (Fsp3) is 0.250. The molecule has 1 unspecified atom stereocenters.